The first-order chi connectivity index (χ1) is 5.20. The molecule has 0 aromatic heterocycles. The van der Waals surface area contributed by atoms with Gasteiger partial charge in [0, 0.05) is 0 Å². The maximum Gasteiger partial charge on any atom is 0.103 e. The van der Waals surface area contributed by atoms with E-state index in [0.717, 1.165) is 6.42 Å². The number of allylic oxidation sites excluding steroid dienone is 1. The van der Waals surface area contributed by atoms with Crippen molar-refractivity contribution in [1.29, 1.82) is 0 Å². The van der Waals surface area contributed by atoms with Crippen molar-refractivity contribution in [2.75, 3.05) is 0 Å². The van der Waals surface area contributed by atoms with Crippen LogP contribution in [0.15, 0.2) is 10.6 Å². The zero-order chi connectivity index (χ0) is 8.69. The van der Waals surface area contributed by atoms with E-state index in [0.29, 0.717) is 10.4 Å². The second kappa shape index (κ2) is 7.00. The molecule has 0 radical (unpaired) electrons. The Morgan fingerprint density at radius 1 is 1.36 bits per heavy atom. The van der Waals surface area contributed by atoms with Crippen LogP contribution in [0.25, 0.3) is 0 Å². The molecule has 0 nitrogen and oxygen atoms in total. The minimum Gasteiger partial charge on any atom is -0.0712 e. The molecule has 1 unspecified atom stereocenters. The van der Waals surface area contributed by atoms with E-state index in [-0.39, 0.29) is 0 Å². The molecule has 0 rings (SSSR count). The van der Waals surface area contributed by atoms with Crippen molar-refractivity contribution in [3.05, 3.63) is 10.6 Å². The molecule has 0 fully saturated rings. The van der Waals surface area contributed by atoms with Gasteiger partial charge in [-0.25, -0.2) is 0 Å². The molecule has 0 bridgehead atoms. The van der Waals surface area contributed by atoms with Crippen LogP contribution in [0.2, 0.25) is 0 Å². The van der Waals surface area contributed by atoms with Gasteiger partial charge in [0.2, 0.25) is 0 Å². The summed E-state index contributed by atoms with van der Waals surface area (Å²) in [6.07, 6.45) is 6.78. The largest absolute Gasteiger partial charge is 0.103 e. The minimum atomic E-state index is 0.410. The molecule has 0 saturated carbocycles. The minimum absolute atomic E-state index is 0.410. The van der Waals surface area contributed by atoms with Crippen LogP contribution in [0.3, 0.4) is 0 Å². The van der Waals surface area contributed by atoms with Gasteiger partial charge >= 0.3 is 0 Å². The van der Waals surface area contributed by atoms with Crippen LogP contribution in [0, 0.1) is 5.92 Å². The van der Waals surface area contributed by atoms with E-state index in [1.807, 2.05) is 6.08 Å². The summed E-state index contributed by atoms with van der Waals surface area (Å²) in [5, 5.41) is 0. The lowest BCUT2D eigenvalue weighted by molar-refractivity contribution is 0.540. The van der Waals surface area contributed by atoms with Gasteiger partial charge in [0.1, 0.15) is 4.49 Å². The van der Waals surface area contributed by atoms with Crippen LogP contribution in [0.4, 0.5) is 0 Å². The first kappa shape index (κ1) is 11.3. The van der Waals surface area contributed by atoms with Gasteiger partial charge in [0.15, 0.2) is 0 Å². The van der Waals surface area contributed by atoms with Gasteiger partial charge in [-0.1, -0.05) is 56.0 Å². The van der Waals surface area contributed by atoms with E-state index < -0.39 is 0 Å². The molecule has 0 spiro atoms. The second-order valence-electron chi connectivity index (χ2n) is 2.77. The van der Waals surface area contributed by atoms with Gasteiger partial charge in [-0.3, -0.25) is 0 Å². The van der Waals surface area contributed by atoms with Crippen molar-refractivity contribution in [1.82, 2.24) is 0 Å². The molecular weight excluding hydrogens is 179 g/mol. The van der Waals surface area contributed by atoms with Crippen LogP contribution in [0.1, 0.15) is 39.5 Å². The normalized spacial score (nSPS) is 12.7. The van der Waals surface area contributed by atoms with E-state index in [2.05, 4.69) is 13.8 Å². The summed E-state index contributed by atoms with van der Waals surface area (Å²) in [6.45, 7) is 4.35. The smallest absolute Gasteiger partial charge is 0.0712 e. The predicted octanol–water partition coefficient (Wildman–Crippen LogP) is 4.52. The summed E-state index contributed by atoms with van der Waals surface area (Å²) < 4.78 is 0.410. The van der Waals surface area contributed by atoms with Gasteiger partial charge in [-0.15, -0.1) is 0 Å². The van der Waals surface area contributed by atoms with Gasteiger partial charge < -0.3 is 0 Å². The third-order valence-corrected chi connectivity index (χ3v) is 2.07. The number of halogens is 2. The molecule has 0 aliphatic carbocycles. The summed E-state index contributed by atoms with van der Waals surface area (Å²) in [7, 11) is 0. The van der Waals surface area contributed by atoms with Crippen molar-refractivity contribution in [2.45, 2.75) is 39.5 Å². The Balaban J connectivity index is 3.67. The monoisotopic (exact) mass is 194 g/mol. The Hall–Kier alpha value is 0.320. The third-order valence-electron chi connectivity index (χ3n) is 1.81. The van der Waals surface area contributed by atoms with Crippen molar-refractivity contribution in [3.8, 4) is 0 Å². The highest BCUT2D eigenvalue weighted by Crippen LogP contribution is 2.19. The lowest BCUT2D eigenvalue weighted by Crippen LogP contribution is -1.93. The summed E-state index contributed by atoms with van der Waals surface area (Å²) in [5.74, 6) is 0.569. The molecule has 0 N–H and O–H groups in total. The number of hydrogen-bond donors (Lipinski definition) is 0. The Morgan fingerprint density at radius 2 is 2.00 bits per heavy atom. The Morgan fingerprint density at radius 3 is 2.36 bits per heavy atom. The van der Waals surface area contributed by atoms with E-state index in [9.17, 15) is 0 Å². The molecule has 66 valence electrons. The summed E-state index contributed by atoms with van der Waals surface area (Å²) in [6, 6.07) is 0. The van der Waals surface area contributed by atoms with Crippen LogP contribution < -0.4 is 0 Å². The maximum absolute atomic E-state index is 5.56. The molecule has 0 heterocycles. The molecule has 11 heavy (non-hydrogen) atoms. The van der Waals surface area contributed by atoms with Gasteiger partial charge in [0.25, 0.3) is 0 Å². The molecule has 0 aromatic rings. The number of rotatable bonds is 5. The first-order valence-electron chi connectivity index (χ1n) is 4.23. The SMILES string of the molecule is CCCCC(C=C(Cl)Cl)CC. The summed E-state index contributed by atoms with van der Waals surface area (Å²) >= 11 is 11.1. The molecule has 0 aliphatic rings. The fourth-order valence-corrected chi connectivity index (χ4v) is 1.41. The lowest BCUT2D eigenvalue weighted by Gasteiger charge is -2.07. The fraction of sp³-hybridized carbons (Fsp3) is 0.778. The van der Waals surface area contributed by atoms with Crippen LogP contribution >= 0.6 is 23.2 Å². The van der Waals surface area contributed by atoms with Crippen molar-refractivity contribution in [3.63, 3.8) is 0 Å². The average molecular weight is 195 g/mol. The quantitative estimate of drug-likeness (QED) is 0.604. The van der Waals surface area contributed by atoms with Crippen molar-refractivity contribution >= 4 is 23.2 Å². The third kappa shape index (κ3) is 6.71. The second-order valence-corrected chi connectivity index (χ2v) is 3.77. The van der Waals surface area contributed by atoms with E-state index in [1.54, 1.807) is 0 Å². The highest BCUT2D eigenvalue weighted by atomic mass is 35.5. The summed E-state index contributed by atoms with van der Waals surface area (Å²) in [4.78, 5) is 0. The van der Waals surface area contributed by atoms with E-state index in [1.165, 1.54) is 19.3 Å². The lowest BCUT2D eigenvalue weighted by atomic mass is 10.00. The van der Waals surface area contributed by atoms with Crippen LogP contribution in [0.5, 0.6) is 0 Å². The Bertz CT molecular complexity index is 115. The Kier molecular flexibility index (Phi) is 7.20. The number of unbranched alkanes of at least 4 members (excludes halogenated alkanes) is 1. The van der Waals surface area contributed by atoms with Crippen LogP contribution in [-0.4, -0.2) is 0 Å². The molecule has 2 heteroatoms. The highest BCUT2D eigenvalue weighted by Gasteiger charge is 2.01. The topological polar surface area (TPSA) is 0 Å². The standard InChI is InChI=1S/C9H16Cl2/c1-3-5-6-8(4-2)7-9(10)11/h7-8H,3-6H2,1-2H3. The number of hydrogen-bond acceptors (Lipinski definition) is 0. The molecule has 0 aromatic carbocycles. The van der Waals surface area contributed by atoms with E-state index >= 15 is 0 Å². The van der Waals surface area contributed by atoms with Crippen molar-refractivity contribution in [2.24, 2.45) is 5.92 Å². The molecule has 0 aliphatic heterocycles. The van der Waals surface area contributed by atoms with Crippen LogP contribution in [-0.2, 0) is 0 Å². The fourth-order valence-electron chi connectivity index (χ4n) is 1.05. The zero-order valence-corrected chi connectivity index (χ0v) is 8.75. The van der Waals surface area contributed by atoms with Gasteiger partial charge in [-0.05, 0) is 18.8 Å². The summed E-state index contributed by atoms with van der Waals surface area (Å²) in [5.41, 5.74) is 0. The maximum atomic E-state index is 5.56. The first-order valence-corrected chi connectivity index (χ1v) is 4.99. The van der Waals surface area contributed by atoms with E-state index in [4.69, 9.17) is 23.2 Å². The Labute approximate surface area is 79.6 Å². The molecule has 1 atom stereocenters. The van der Waals surface area contributed by atoms with Gasteiger partial charge in [-0.2, -0.15) is 0 Å². The highest BCUT2D eigenvalue weighted by molar-refractivity contribution is 6.55. The molecule has 0 saturated heterocycles. The zero-order valence-electron chi connectivity index (χ0n) is 7.24. The molecule has 0 amide bonds. The predicted molar refractivity (Wildman–Crippen MR) is 53.1 cm³/mol. The van der Waals surface area contributed by atoms with Gasteiger partial charge in [0.05, 0.1) is 0 Å². The molecular formula is C9H16Cl2. The average Bonchev–Trinajstić information content (AvgIpc) is 1.97. The van der Waals surface area contributed by atoms with Crippen molar-refractivity contribution < 1.29 is 0 Å².